The molecule has 2 unspecified atom stereocenters. The van der Waals surface area contributed by atoms with Crippen LogP contribution in [0.5, 0.6) is 0 Å². The molecule has 2 aromatic rings. The van der Waals surface area contributed by atoms with Crippen LogP contribution in [0.4, 0.5) is 13.2 Å². The number of carbonyl (C=O) groups is 1. The van der Waals surface area contributed by atoms with Crippen molar-refractivity contribution in [1.82, 2.24) is 10.6 Å². The largest absolute Gasteiger partial charge is 0.347 e. The summed E-state index contributed by atoms with van der Waals surface area (Å²) in [5.41, 5.74) is 1.34. The molecular weight excluding hydrogens is 329 g/mol. The van der Waals surface area contributed by atoms with Crippen LogP contribution in [0.2, 0.25) is 0 Å². The molecule has 1 aliphatic heterocycles. The highest BCUT2D eigenvalue weighted by Gasteiger charge is 2.28. The molecule has 1 aliphatic rings. The van der Waals surface area contributed by atoms with Crippen LogP contribution in [0.3, 0.4) is 0 Å². The Morgan fingerprint density at radius 2 is 1.88 bits per heavy atom. The second-order valence-corrected chi connectivity index (χ2v) is 6.32. The van der Waals surface area contributed by atoms with Gasteiger partial charge in [-0.05, 0) is 55.3 Å². The topological polar surface area (TPSA) is 41.1 Å². The summed E-state index contributed by atoms with van der Waals surface area (Å²) in [7, 11) is 0. The summed E-state index contributed by atoms with van der Waals surface area (Å²) < 4.78 is 40.4. The Morgan fingerprint density at radius 3 is 2.60 bits per heavy atom. The summed E-state index contributed by atoms with van der Waals surface area (Å²) in [5, 5.41) is 6.06. The van der Waals surface area contributed by atoms with E-state index >= 15 is 0 Å². The zero-order valence-corrected chi connectivity index (χ0v) is 13.8. The maximum Gasteiger partial charge on any atom is 0.251 e. The molecule has 132 valence electrons. The molecule has 0 aliphatic carbocycles. The quantitative estimate of drug-likeness (QED) is 0.894. The van der Waals surface area contributed by atoms with E-state index in [1.54, 1.807) is 25.1 Å². The Kier molecular flexibility index (Phi) is 5.08. The van der Waals surface area contributed by atoms with Crippen molar-refractivity contribution >= 4 is 5.91 Å². The normalized spacial score (nSPS) is 20.3. The molecule has 6 heteroatoms. The van der Waals surface area contributed by atoms with Gasteiger partial charge >= 0.3 is 0 Å². The van der Waals surface area contributed by atoms with Crippen LogP contribution in [0, 0.1) is 24.4 Å². The van der Waals surface area contributed by atoms with Crippen LogP contribution in [-0.4, -0.2) is 25.0 Å². The van der Waals surface area contributed by atoms with Gasteiger partial charge in [0.25, 0.3) is 5.91 Å². The van der Waals surface area contributed by atoms with Crippen molar-refractivity contribution in [3.05, 3.63) is 70.5 Å². The first kappa shape index (κ1) is 17.5. The van der Waals surface area contributed by atoms with Crippen molar-refractivity contribution in [2.75, 3.05) is 13.1 Å². The molecule has 2 aromatic carbocycles. The van der Waals surface area contributed by atoms with Gasteiger partial charge in [0.05, 0.1) is 0 Å². The maximum absolute atomic E-state index is 13.7. The Labute approximate surface area is 144 Å². The minimum absolute atomic E-state index is 0.143. The van der Waals surface area contributed by atoms with Gasteiger partial charge < -0.3 is 10.6 Å². The molecule has 1 fully saturated rings. The van der Waals surface area contributed by atoms with Crippen molar-refractivity contribution in [2.45, 2.75) is 25.3 Å². The summed E-state index contributed by atoms with van der Waals surface area (Å²) in [4.78, 5) is 12.4. The van der Waals surface area contributed by atoms with E-state index in [0.29, 0.717) is 24.1 Å². The zero-order chi connectivity index (χ0) is 18.0. The Morgan fingerprint density at radius 1 is 1.08 bits per heavy atom. The van der Waals surface area contributed by atoms with Crippen LogP contribution in [0.25, 0.3) is 0 Å². The maximum atomic E-state index is 13.7. The van der Waals surface area contributed by atoms with Crippen molar-refractivity contribution in [3.8, 4) is 0 Å². The fourth-order valence-corrected chi connectivity index (χ4v) is 3.14. The highest BCUT2D eigenvalue weighted by molar-refractivity contribution is 5.94. The van der Waals surface area contributed by atoms with Crippen LogP contribution in [-0.2, 0) is 0 Å². The fourth-order valence-electron chi connectivity index (χ4n) is 3.14. The molecule has 0 saturated carbocycles. The summed E-state index contributed by atoms with van der Waals surface area (Å²) >= 11 is 0. The molecule has 2 atom stereocenters. The standard InChI is InChI=1S/C19H19F3N2O/c1-11-2-3-13(9-16(11)21)19(25)24-18-10-23-7-6-14(18)12-4-5-15(20)17(22)8-12/h2-5,8-9,14,18,23H,6-7,10H2,1H3,(H,24,25). The number of carbonyl (C=O) groups excluding carboxylic acids is 1. The molecule has 3 rings (SSSR count). The minimum Gasteiger partial charge on any atom is -0.347 e. The third kappa shape index (κ3) is 3.85. The highest BCUT2D eigenvalue weighted by atomic mass is 19.2. The number of amides is 1. The first-order valence-corrected chi connectivity index (χ1v) is 8.18. The predicted octanol–water partition coefficient (Wildman–Crippen LogP) is 3.29. The molecule has 0 spiro atoms. The predicted molar refractivity (Wildman–Crippen MR) is 89.0 cm³/mol. The van der Waals surface area contributed by atoms with Crippen LogP contribution in [0.15, 0.2) is 36.4 Å². The number of halogens is 3. The summed E-state index contributed by atoms with van der Waals surface area (Å²) in [6.07, 6.45) is 0.679. The van der Waals surface area contributed by atoms with E-state index in [9.17, 15) is 18.0 Å². The molecule has 1 amide bonds. The van der Waals surface area contributed by atoms with E-state index in [2.05, 4.69) is 10.6 Å². The van der Waals surface area contributed by atoms with Gasteiger partial charge in [0.15, 0.2) is 11.6 Å². The Bertz CT molecular complexity index is 794. The lowest BCUT2D eigenvalue weighted by Crippen LogP contribution is -2.50. The molecule has 1 heterocycles. The molecule has 0 bridgehead atoms. The highest BCUT2D eigenvalue weighted by Crippen LogP contribution is 2.27. The Balaban J connectivity index is 1.79. The SMILES string of the molecule is Cc1ccc(C(=O)NC2CNCCC2c2ccc(F)c(F)c2)cc1F. The second kappa shape index (κ2) is 7.27. The van der Waals surface area contributed by atoms with Gasteiger partial charge in [0.2, 0.25) is 0 Å². The van der Waals surface area contributed by atoms with Gasteiger partial charge in [-0.1, -0.05) is 12.1 Å². The van der Waals surface area contributed by atoms with Crippen molar-refractivity contribution in [3.63, 3.8) is 0 Å². The van der Waals surface area contributed by atoms with E-state index in [4.69, 9.17) is 0 Å². The van der Waals surface area contributed by atoms with Crippen molar-refractivity contribution < 1.29 is 18.0 Å². The molecule has 3 nitrogen and oxygen atoms in total. The van der Waals surface area contributed by atoms with Gasteiger partial charge in [-0.2, -0.15) is 0 Å². The summed E-state index contributed by atoms with van der Waals surface area (Å²) in [6.45, 7) is 2.85. The third-order valence-electron chi connectivity index (χ3n) is 4.60. The lowest BCUT2D eigenvalue weighted by molar-refractivity contribution is 0.0924. The van der Waals surface area contributed by atoms with Gasteiger partial charge in [-0.3, -0.25) is 4.79 Å². The zero-order valence-electron chi connectivity index (χ0n) is 13.8. The number of hydrogen-bond acceptors (Lipinski definition) is 2. The Hall–Kier alpha value is -2.34. The second-order valence-electron chi connectivity index (χ2n) is 6.32. The van der Waals surface area contributed by atoms with Crippen LogP contribution >= 0.6 is 0 Å². The number of hydrogen-bond donors (Lipinski definition) is 2. The van der Waals surface area contributed by atoms with Gasteiger partial charge in [0.1, 0.15) is 5.82 Å². The van der Waals surface area contributed by atoms with Crippen LogP contribution in [0.1, 0.15) is 33.8 Å². The monoisotopic (exact) mass is 348 g/mol. The smallest absolute Gasteiger partial charge is 0.251 e. The lowest BCUT2D eigenvalue weighted by Gasteiger charge is -2.33. The van der Waals surface area contributed by atoms with Gasteiger partial charge in [-0.25, -0.2) is 13.2 Å². The molecule has 2 N–H and O–H groups in total. The van der Waals surface area contributed by atoms with E-state index in [1.807, 2.05) is 0 Å². The first-order chi connectivity index (χ1) is 12.0. The molecule has 1 saturated heterocycles. The minimum atomic E-state index is -0.901. The lowest BCUT2D eigenvalue weighted by atomic mass is 9.85. The van der Waals surface area contributed by atoms with Crippen LogP contribution < -0.4 is 10.6 Å². The van der Waals surface area contributed by atoms with Crippen molar-refractivity contribution in [1.29, 1.82) is 0 Å². The number of piperidine rings is 1. The van der Waals surface area contributed by atoms with Gasteiger partial charge in [0, 0.05) is 24.1 Å². The average Bonchev–Trinajstić information content (AvgIpc) is 2.60. The number of aryl methyl sites for hydroxylation is 1. The molecular formula is C19H19F3N2O. The molecule has 0 aromatic heterocycles. The number of nitrogens with one attached hydrogen (secondary N) is 2. The fraction of sp³-hybridized carbons (Fsp3) is 0.316. The van der Waals surface area contributed by atoms with Crippen molar-refractivity contribution in [2.24, 2.45) is 0 Å². The van der Waals surface area contributed by atoms with E-state index < -0.39 is 17.5 Å². The molecule has 25 heavy (non-hydrogen) atoms. The number of benzene rings is 2. The van der Waals surface area contributed by atoms with Gasteiger partial charge in [-0.15, -0.1) is 0 Å². The summed E-state index contributed by atoms with van der Waals surface area (Å²) in [5.74, 6) is -2.77. The first-order valence-electron chi connectivity index (χ1n) is 8.18. The molecule has 0 radical (unpaired) electrons. The van der Waals surface area contributed by atoms with E-state index in [1.165, 1.54) is 12.1 Å². The average molecular weight is 348 g/mol. The van der Waals surface area contributed by atoms with E-state index in [-0.39, 0.29) is 23.4 Å². The summed E-state index contributed by atoms with van der Waals surface area (Å²) in [6, 6.07) is 7.84. The third-order valence-corrected chi connectivity index (χ3v) is 4.60. The van der Waals surface area contributed by atoms with E-state index in [0.717, 1.165) is 12.6 Å². The number of rotatable bonds is 3.